The first-order chi connectivity index (χ1) is 8.69. The van der Waals surface area contributed by atoms with E-state index in [4.69, 9.17) is 4.74 Å². The number of hydrogen-bond donors (Lipinski definition) is 1. The third-order valence-electron chi connectivity index (χ3n) is 3.05. The van der Waals surface area contributed by atoms with Crippen LogP contribution in [0.2, 0.25) is 0 Å². The van der Waals surface area contributed by atoms with Crippen LogP contribution in [0.25, 0.3) is 0 Å². The number of rotatable bonds is 6. The molecular formula is C13H18N2O3. The lowest BCUT2D eigenvalue weighted by Crippen LogP contribution is -2.26. The highest BCUT2D eigenvalue weighted by Crippen LogP contribution is 2.29. The Morgan fingerprint density at radius 1 is 1.44 bits per heavy atom. The maximum Gasteiger partial charge on any atom is 0.275 e. The van der Waals surface area contributed by atoms with Crippen LogP contribution in [0.3, 0.4) is 0 Å². The predicted molar refractivity (Wildman–Crippen MR) is 70.1 cm³/mol. The molecule has 1 fully saturated rings. The van der Waals surface area contributed by atoms with Crippen LogP contribution in [-0.4, -0.2) is 17.6 Å². The molecule has 18 heavy (non-hydrogen) atoms. The van der Waals surface area contributed by atoms with E-state index in [0.717, 1.165) is 24.9 Å². The topological polar surface area (TPSA) is 64.4 Å². The monoisotopic (exact) mass is 250 g/mol. The maximum atomic E-state index is 10.9. The van der Waals surface area contributed by atoms with Crippen molar-refractivity contribution < 1.29 is 9.66 Å². The van der Waals surface area contributed by atoms with Gasteiger partial charge in [-0.3, -0.25) is 10.1 Å². The van der Waals surface area contributed by atoms with E-state index >= 15 is 0 Å². The van der Waals surface area contributed by atoms with Crippen molar-refractivity contribution in [1.29, 1.82) is 0 Å². The van der Waals surface area contributed by atoms with Crippen molar-refractivity contribution in [2.45, 2.75) is 38.6 Å². The molecule has 1 aliphatic rings. The Hall–Kier alpha value is -1.78. The SMILES string of the molecule is CCCOc1cc(NC2CCC2)cc([N+](=O)[O-])c1. The Morgan fingerprint density at radius 3 is 2.78 bits per heavy atom. The van der Waals surface area contributed by atoms with E-state index < -0.39 is 0 Å². The van der Waals surface area contributed by atoms with Crippen molar-refractivity contribution in [2.75, 3.05) is 11.9 Å². The zero-order valence-corrected chi connectivity index (χ0v) is 10.5. The molecule has 5 heteroatoms. The van der Waals surface area contributed by atoms with Crippen LogP contribution in [0.4, 0.5) is 11.4 Å². The van der Waals surface area contributed by atoms with Gasteiger partial charge in [-0.15, -0.1) is 0 Å². The van der Waals surface area contributed by atoms with Crippen LogP contribution >= 0.6 is 0 Å². The molecular weight excluding hydrogens is 232 g/mol. The van der Waals surface area contributed by atoms with Crippen molar-refractivity contribution in [1.82, 2.24) is 0 Å². The molecule has 1 saturated carbocycles. The summed E-state index contributed by atoms with van der Waals surface area (Å²) in [5.74, 6) is 0.563. The summed E-state index contributed by atoms with van der Waals surface area (Å²) in [5, 5.41) is 14.2. The molecule has 2 rings (SSSR count). The minimum atomic E-state index is -0.384. The van der Waals surface area contributed by atoms with Crippen LogP contribution in [0.5, 0.6) is 5.75 Å². The Kier molecular flexibility index (Phi) is 4.02. The van der Waals surface area contributed by atoms with Gasteiger partial charge in [-0.05, 0) is 25.7 Å². The first-order valence-electron chi connectivity index (χ1n) is 6.38. The number of nitro groups is 1. The normalized spacial score (nSPS) is 14.9. The first kappa shape index (κ1) is 12.7. The Labute approximate surface area is 106 Å². The van der Waals surface area contributed by atoms with Crippen molar-refractivity contribution in [2.24, 2.45) is 0 Å². The van der Waals surface area contributed by atoms with Gasteiger partial charge in [0.05, 0.1) is 17.6 Å². The number of nitrogens with one attached hydrogen (secondary N) is 1. The largest absolute Gasteiger partial charge is 0.493 e. The van der Waals surface area contributed by atoms with Crippen molar-refractivity contribution >= 4 is 11.4 Å². The average Bonchev–Trinajstić information content (AvgIpc) is 2.31. The Balaban J connectivity index is 2.15. The Morgan fingerprint density at radius 2 is 2.22 bits per heavy atom. The number of nitrogens with zero attached hydrogens (tertiary/aromatic N) is 1. The van der Waals surface area contributed by atoms with Gasteiger partial charge in [-0.2, -0.15) is 0 Å². The third-order valence-corrected chi connectivity index (χ3v) is 3.05. The molecule has 1 aliphatic carbocycles. The van der Waals surface area contributed by atoms with E-state index in [1.54, 1.807) is 6.07 Å². The number of non-ortho nitro benzene ring substituents is 1. The molecule has 0 aliphatic heterocycles. The molecule has 0 bridgehead atoms. The van der Waals surface area contributed by atoms with Gasteiger partial charge in [0.1, 0.15) is 5.75 Å². The number of nitro benzene ring substituents is 1. The van der Waals surface area contributed by atoms with Gasteiger partial charge in [0.25, 0.3) is 5.69 Å². The fourth-order valence-corrected chi connectivity index (χ4v) is 1.86. The Bertz CT molecular complexity index is 430. The molecule has 0 saturated heterocycles. The first-order valence-corrected chi connectivity index (χ1v) is 6.38. The number of anilines is 1. The van der Waals surface area contributed by atoms with Crippen LogP contribution in [0.1, 0.15) is 32.6 Å². The number of ether oxygens (including phenoxy) is 1. The molecule has 0 atom stereocenters. The zero-order valence-electron chi connectivity index (χ0n) is 10.5. The van der Waals surface area contributed by atoms with Crippen LogP contribution in [0, 0.1) is 10.1 Å². The fraction of sp³-hybridized carbons (Fsp3) is 0.538. The summed E-state index contributed by atoms with van der Waals surface area (Å²) in [6, 6.07) is 5.32. The summed E-state index contributed by atoms with van der Waals surface area (Å²) in [4.78, 5) is 10.5. The molecule has 0 radical (unpaired) electrons. The maximum absolute atomic E-state index is 10.9. The summed E-state index contributed by atoms with van der Waals surface area (Å²) in [5.41, 5.74) is 0.852. The number of benzene rings is 1. The van der Waals surface area contributed by atoms with E-state index in [1.807, 2.05) is 13.0 Å². The predicted octanol–water partition coefficient (Wildman–Crippen LogP) is 3.35. The molecule has 1 aromatic carbocycles. The quantitative estimate of drug-likeness (QED) is 0.621. The van der Waals surface area contributed by atoms with Crippen molar-refractivity contribution in [3.63, 3.8) is 0 Å². The molecule has 1 aromatic rings. The van der Waals surface area contributed by atoms with Gasteiger partial charge < -0.3 is 10.1 Å². The van der Waals surface area contributed by atoms with E-state index in [2.05, 4.69) is 5.32 Å². The van der Waals surface area contributed by atoms with Crippen LogP contribution in [-0.2, 0) is 0 Å². The molecule has 0 aromatic heterocycles. The van der Waals surface area contributed by atoms with Gasteiger partial charge in [0, 0.05) is 23.9 Å². The summed E-state index contributed by atoms with van der Waals surface area (Å²) >= 11 is 0. The molecule has 0 amide bonds. The van der Waals surface area contributed by atoms with Crippen LogP contribution in [0.15, 0.2) is 18.2 Å². The summed E-state index contributed by atoms with van der Waals surface area (Å²) < 4.78 is 5.48. The third kappa shape index (κ3) is 3.12. The highest BCUT2D eigenvalue weighted by atomic mass is 16.6. The van der Waals surface area contributed by atoms with Gasteiger partial charge in [-0.1, -0.05) is 6.92 Å². The average molecular weight is 250 g/mol. The van der Waals surface area contributed by atoms with E-state index in [0.29, 0.717) is 18.4 Å². The zero-order chi connectivity index (χ0) is 13.0. The van der Waals surface area contributed by atoms with Crippen molar-refractivity contribution in [3.05, 3.63) is 28.3 Å². The second-order valence-corrected chi connectivity index (χ2v) is 4.59. The second-order valence-electron chi connectivity index (χ2n) is 4.59. The van der Waals surface area contributed by atoms with Gasteiger partial charge in [0.15, 0.2) is 0 Å². The molecule has 0 heterocycles. The van der Waals surface area contributed by atoms with Crippen LogP contribution < -0.4 is 10.1 Å². The van der Waals surface area contributed by atoms with E-state index in [1.165, 1.54) is 12.5 Å². The fourth-order valence-electron chi connectivity index (χ4n) is 1.86. The molecule has 0 spiro atoms. The molecule has 5 nitrogen and oxygen atoms in total. The second kappa shape index (κ2) is 5.71. The summed E-state index contributed by atoms with van der Waals surface area (Å²) in [6.45, 7) is 2.58. The van der Waals surface area contributed by atoms with Crippen molar-refractivity contribution in [3.8, 4) is 5.75 Å². The smallest absolute Gasteiger partial charge is 0.275 e. The van der Waals surface area contributed by atoms with E-state index in [9.17, 15) is 10.1 Å². The summed E-state index contributed by atoms with van der Waals surface area (Å²) in [7, 11) is 0. The lowest BCUT2D eigenvalue weighted by atomic mass is 9.93. The minimum Gasteiger partial charge on any atom is -0.493 e. The van der Waals surface area contributed by atoms with Gasteiger partial charge >= 0.3 is 0 Å². The van der Waals surface area contributed by atoms with Gasteiger partial charge in [-0.25, -0.2) is 0 Å². The van der Waals surface area contributed by atoms with E-state index in [-0.39, 0.29) is 10.6 Å². The highest BCUT2D eigenvalue weighted by molar-refractivity contribution is 5.57. The molecule has 0 unspecified atom stereocenters. The standard InChI is InChI=1S/C13H18N2O3/c1-2-6-18-13-8-11(14-10-4-3-5-10)7-12(9-13)15(16)17/h7-10,14H,2-6H2,1H3. The lowest BCUT2D eigenvalue weighted by Gasteiger charge is -2.27. The molecule has 98 valence electrons. The highest BCUT2D eigenvalue weighted by Gasteiger charge is 2.18. The van der Waals surface area contributed by atoms with Gasteiger partial charge in [0.2, 0.25) is 0 Å². The minimum absolute atomic E-state index is 0.0745. The summed E-state index contributed by atoms with van der Waals surface area (Å²) in [6.07, 6.45) is 4.38. The number of hydrogen-bond acceptors (Lipinski definition) is 4. The molecule has 1 N–H and O–H groups in total. The lowest BCUT2D eigenvalue weighted by molar-refractivity contribution is -0.384.